The Morgan fingerprint density at radius 1 is 1.38 bits per heavy atom. The number of nitrogens with one attached hydrogen (secondary N) is 2. The highest BCUT2D eigenvalue weighted by Gasteiger charge is 2.32. The molecule has 0 rings (SSSR count). The summed E-state index contributed by atoms with van der Waals surface area (Å²) >= 11 is 0. The van der Waals surface area contributed by atoms with Crippen LogP contribution in [0.3, 0.4) is 0 Å². The van der Waals surface area contributed by atoms with E-state index in [1.165, 1.54) is 7.05 Å². The first-order chi connectivity index (χ1) is 5.79. The highest BCUT2D eigenvalue weighted by atomic mass is 19.4. The van der Waals surface area contributed by atoms with E-state index < -0.39 is 11.9 Å². The molecule has 0 saturated heterocycles. The molecule has 0 aliphatic heterocycles. The molecule has 0 aliphatic rings. The van der Waals surface area contributed by atoms with E-state index in [-0.39, 0.29) is 5.92 Å². The van der Waals surface area contributed by atoms with Crippen LogP contribution >= 0.6 is 0 Å². The minimum absolute atomic E-state index is 0.0484. The fourth-order valence-electron chi connectivity index (χ4n) is 0.765. The van der Waals surface area contributed by atoms with E-state index >= 15 is 0 Å². The Morgan fingerprint density at radius 3 is 2.08 bits per heavy atom. The van der Waals surface area contributed by atoms with Crippen LogP contribution in [0.5, 0.6) is 0 Å². The third-order valence-corrected chi connectivity index (χ3v) is 1.52. The first-order valence-electron chi connectivity index (χ1n) is 3.84. The van der Waals surface area contributed by atoms with Crippen molar-refractivity contribution in [3.05, 3.63) is 11.8 Å². The van der Waals surface area contributed by atoms with Gasteiger partial charge in [0.15, 0.2) is 0 Å². The lowest BCUT2D eigenvalue weighted by molar-refractivity contribution is -0.0584. The van der Waals surface area contributed by atoms with Crippen LogP contribution in [0, 0.1) is 11.3 Å². The van der Waals surface area contributed by atoms with Crippen molar-refractivity contribution in [2.75, 3.05) is 7.05 Å². The number of alkyl halides is 3. The van der Waals surface area contributed by atoms with E-state index in [2.05, 4.69) is 5.32 Å². The smallest absolute Gasteiger partial charge is 0.391 e. The average Bonchev–Trinajstić information content (AvgIpc) is 1.96. The molecule has 0 unspecified atom stereocenters. The molecule has 0 amide bonds. The number of allylic oxidation sites excluding steroid dienone is 2. The molecular weight excluding hydrogens is 181 g/mol. The van der Waals surface area contributed by atoms with Crippen LogP contribution in [0.25, 0.3) is 0 Å². The molecule has 2 N–H and O–H groups in total. The standard InChI is InChI=1S/C8H13F3N2/c1-5(2)6(13-3)4-7(12)8(9,10)11/h4-5,12-13H,1-3H3/b6-4-,12-7?. The zero-order chi connectivity index (χ0) is 10.6. The molecule has 0 aliphatic carbocycles. The van der Waals surface area contributed by atoms with E-state index in [0.717, 1.165) is 6.08 Å². The van der Waals surface area contributed by atoms with Crippen LogP contribution in [0.2, 0.25) is 0 Å². The Morgan fingerprint density at radius 2 is 1.85 bits per heavy atom. The fraction of sp³-hybridized carbons (Fsp3) is 0.625. The summed E-state index contributed by atoms with van der Waals surface area (Å²) in [4.78, 5) is 0. The fourth-order valence-corrected chi connectivity index (χ4v) is 0.765. The third-order valence-electron chi connectivity index (χ3n) is 1.52. The maximum Gasteiger partial charge on any atom is 0.432 e. The first kappa shape index (κ1) is 12.0. The lowest BCUT2D eigenvalue weighted by atomic mass is 10.1. The predicted octanol–water partition coefficient (Wildman–Crippen LogP) is 2.33. The van der Waals surface area contributed by atoms with Crippen molar-refractivity contribution in [1.29, 1.82) is 5.41 Å². The van der Waals surface area contributed by atoms with Crippen molar-refractivity contribution in [3.63, 3.8) is 0 Å². The zero-order valence-electron chi connectivity index (χ0n) is 7.79. The minimum atomic E-state index is -4.56. The van der Waals surface area contributed by atoms with Crippen molar-refractivity contribution >= 4 is 5.71 Å². The van der Waals surface area contributed by atoms with Gasteiger partial charge in [-0.2, -0.15) is 13.2 Å². The Balaban J connectivity index is 4.62. The van der Waals surface area contributed by atoms with Crippen molar-refractivity contribution in [2.45, 2.75) is 20.0 Å². The second-order valence-electron chi connectivity index (χ2n) is 2.92. The molecule has 5 heteroatoms. The molecule has 0 spiro atoms. The van der Waals surface area contributed by atoms with Crippen molar-refractivity contribution in [2.24, 2.45) is 5.92 Å². The molecule has 0 bridgehead atoms. The summed E-state index contributed by atoms with van der Waals surface area (Å²) in [6.07, 6.45) is -3.75. The molecule has 13 heavy (non-hydrogen) atoms. The molecule has 0 heterocycles. The largest absolute Gasteiger partial charge is 0.432 e. The third kappa shape index (κ3) is 3.96. The number of hydrogen-bond acceptors (Lipinski definition) is 2. The number of halogens is 3. The molecule has 0 aromatic heterocycles. The van der Waals surface area contributed by atoms with Crippen LogP contribution in [-0.4, -0.2) is 18.9 Å². The van der Waals surface area contributed by atoms with E-state index in [1.54, 1.807) is 13.8 Å². The van der Waals surface area contributed by atoms with Gasteiger partial charge in [0.25, 0.3) is 0 Å². The molecule has 0 atom stereocenters. The highest BCUT2D eigenvalue weighted by molar-refractivity contribution is 5.97. The Labute approximate surface area is 75.3 Å². The predicted molar refractivity (Wildman–Crippen MR) is 45.8 cm³/mol. The molecule has 0 radical (unpaired) electrons. The van der Waals surface area contributed by atoms with Crippen LogP contribution < -0.4 is 5.32 Å². The van der Waals surface area contributed by atoms with Gasteiger partial charge in [0.05, 0.1) is 0 Å². The molecule has 0 fully saturated rings. The zero-order valence-corrected chi connectivity index (χ0v) is 7.79. The summed E-state index contributed by atoms with van der Waals surface area (Å²) in [6.45, 7) is 3.51. The van der Waals surface area contributed by atoms with Gasteiger partial charge in [0.1, 0.15) is 5.71 Å². The highest BCUT2D eigenvalue weighted by Crippen LogP contribution is 2.18. The van der Waals surface area contributed by atoms with Crippen molar-refractivity contribution in [3.8, 4) is 0 Å². The van der Waals surface area contributed by atoms with Crippen LogP contribution in [0.1, 0.15) is 13.8 Å². The SMILES string of the molecule is CN/C(=C\C(=N)C(F)(F)F)C(C)C. The Kier molecular flexibility index (Phi) is 3.97. The molecule has 0 aromatic carbocycles. The Hall–Kier alpha value is -1.00. The van der Waals surface area contributed by atoms with Crippen LogP contribution in [0.4, 0.5) is 13.2 Å². The molecule has 2 nitrogen and oxygen atoms in total. The lowest BCUT2D eigenvalue weighted by Gasteiger charge is -2.12. The second-order valence-corrected chi connectivity index (χ2v) is 2.92. The van der Waals surface area contributed by atoms with Gasteiger partial charge in [-0.25, -0.2) is 0 Å². The Bertz CT molecular complexity index is 216. The second kappa shape index (κ2) is 4.30. The van der Waals surface area contributed by atoms with Gasteiger partial charge in [-0.15, -0.1) is 0 Å². The van der Waals surface area contributed by atoms with E-state index in [9.17, 15) is 13.2 Å². The average molecular weight is 194 g/mol. The summed E-state index contributed by atoms with van der Waals surface area (Å²) in [6, 6.07) is 0. The van der Waals surface area contributed by atoms with E-state index in [1.807, 2.05) is 0 Å². The van der Waals surface area contributed by atoms with Gasteiger partial charge in [-0.1, -0.05) is 13.8 Å². The van der Waals surface area contributed by atoms with E-state index in [4.69, 9.17) is 5.41 Å². The van der Waals surface area contributed by atoms with Crippen LogP contribution in [-0.2, 0) is 0 Å². The van der Waals surface area contributed by atoms with Gasteiger partial charge in [0, 0.05) is 12.7 Å². The maximum absolute atomic E-state index is 11.9. The lowest BCUT2D eigenvalue weighted by Crippen LogP contribution is -2.23. The van der Waals surface area contributed by atoms with Gasteiger partial charge in [0.2, 0.25) is 0 Å². The van der Waals surface area contributed by atoms with Crippen molar-refractivity contribution in [1.82, 2.24) is 5.32 Å². The molecule has 76 valence electrons. The van der Waals surface area contributed by atoms with Gasteiger partial charge in [-0.05, 0) is 12.0 Å². The van der Waals surface area contributed by atoms with Gasteiger partial charge in [-0.3, -0.25) is 5.41 Å². The summed E-state index contributed by atoms with van der Waals surface area (Å²) < 4.78 is 35.7. The summed E-state index contributed by atoms with van der Waals surface area (Å²) in [5.41, 5.74) is -0.923. The van der Waals surface area contributed by atoms with Gasteiger partial charge < -0.3 is 5.32 Å². The maximum atomic E-state index is 11.9. The topological polar surface area (TPSA) is 35.9 Å². The summed E-state index contributed by atoms with van der Waals surface area (Å²) in [7, 11) is 1.54. The monoisotopic (exact) mass is 194 g/mol. The summed E-state index contributed by atoms with van der Waals surface area (Å²) in [5.74, 6) is -0.0484. The molecule has 0 aromatic rings. The normalized spacial score (nSPS) is 13.3. The molecular formula is C8H13F3N2. The quantitative estimate of drug-likeness (QED) is 0.664. The van der Waals surface area contributed by atoms with Crippen molar-refractivity contribution < 1.29 is 13.2 Å². The summed E-state index contributed by atoms with van der Waals surface area (Å²) in [5, 5.41) is 9.35. The van der Waals surface area contributed by atoms with E-state index in [0.29, 0.717) is 5.70 Å². The minimum Gasteiger partial charge on any atom is -0.391 e. The molecule has 0 saturated carbocycles. The number of rotatable bonds is 3. The number of hydrogen-bond donors (Lipinski definition) is 2. The van der Waals surface area contributed by atoms with Gasteiger partial charge >= 0.3 is 6.18 Å². The first-order valence-corrected chi connectivity index (χ1v) is 3.84. The van der Waals surface area contributed by atoms with Crippen LogP contribution in [0.15, 0.2) is 11.8 Å².